The largest absolute Gasteiger partial charge is 0.313 e. The summed E-state index contributed by atoms with van der Waals surface area (Å²) in [4.78, 5) is 0. The Balaban J connectivity index is 0.733. The Labute approximate surface area is 489 Å². The number of fused-ring (bicyclic) bond motifs is 22. The summed E-state index contributed by atoms with van der Waals surface area (Å²) in [6, 6.07) is 91.3. The van der Waals surface area contributed by atoms with Gasteiger partial charge in [-0.15, -0.1) is 34.0 Å². The molecule has 0 spiro atoms. The zero-order chi connectivity index (χ0) is 54.6. The molecule has 0 saturated carbocycles. The second-order valence-corrected chi connectivity index (χ2v) is 25.6. The van der Waals surface area contributed by atoms with Crippen molar-refractivity contribution in [3.63, 3.8) is 0 Å². The molecule has 0 bridgehead atoms. The average molecular weight is 1110 g/mol. The third-order valence-corrected chi connectivity index (χ3v) is 21.3. The minimum Gasteiger partial charge on any atom is -0.313 e. The number of para-hydroxylation sites is 2. The van der Waals surface area contributed by atoms with Gasteiger partial charge in [0.1, 0.15) is 0 Å². The number of benzene rings is 14. The van der Waals surface area contributed by atoms with Gasteiger partial charge in [0.15, 0.2) is 0 Å². The Hall–Kier alpha value is -9.68. The van der Waals surface area contributed by atoms with E-state index in [1.807, 2.05) is 34.0 Å². The van der Waals surface area contributed by atoms with Gasteiger partial charge in [0.05, 0.1) is 11.0 Å². The van der Waals surface area contributed by atoms with E-state index in [2.05, 4.69) is 273 Å². The number of aromatic nitrogens is 1. The summed E-state index contributed by atoms with van der Waals surface area (Å²) in [5, 5.41) is 25.5. The lowest BCUT2D eigenvalue weighted by Crippen LogP contribution is -2.15. The standard InChI is InChI=1S/C79H47NS3/c1-45(80-72-23-10-7-20-59(72)60-21-8-11-24-73(60)80)26-33-74-46(2)62-37-51(29-34-76(62)81-74)50-28-32-58-64(39-50)54-17-4-6-19-56(54)66-42-71-70-41-65-55-18-5-3-16-53(55)63-38-49(27-31-57(63)67(65)43-78(70)83-79(71)44-68(58)66)47-14-13-15-48(36-47)52-30-35-77-69(40-52)61-22-9-12-25-75(61)82-77/h3-44H,2H2,1H3/b45-26+,74-33+. The van der Waals surface area contributed by atoms with E-state index in [0.29, 0.717) is 0 Å². The van der Waals surface area contributed by atoms with Crippen molar-refractivity contribution in [2.24, 2.45) is 0 Å². The third-order valence-electron chi connectivity index (χ3n) is 17.9. The Morgan fingerprint density at radius 1 is 0.289 bits per heavy atom. The fourth-order valence-corrected chi connectivity index (χ4v) is 17.1. The second-order valence-electron chi connectivity index (χ2n) is 22.4. The SMILES string of the molecule is C=c1/c(=C\C=C(/C)n2c3ccccc3c3ccccc32)sc2ccc(-c3ccc4c(c3)c3ccccc3c3cc5c(cc43)sc3cc4c6ccc(-c7cccc(-c8ccc9sc%10ccccc%10c9c8)c7)cc6c6ccccc6c4cc35)cc12. The quantitative estimate of drug-likeness (QED) is 0.151. The number of thiophene rings is 3. The number of hydrogen-bond acceptors (Lipinski definition) is 3. The minimum absolute atomic E-state index is 1.07. The zero-order valence-corrected chi connectivity index (χ0v) is 47.6. The lowest BCUT2D eigenvalue weighted by molar-refractivity contribution is 1.20. The molecule has 0 radical (unpaired) electrons. The van der Waals surface area contributed by atoms with Gasteiger partial charge in [-0.25, -0.2) is 0 Å². The summed E-state index contributed by atoms with van der Waals surface area (Å²) in [5.74, 6) is 0. The van der Waals surface area contributed by atoms with E-state index in [4.69, 9.17) is 0 Å². The Bertz CT molecular complexity index is 5990. The molecule has 0 aliphatic rings. The molecule has 0 saturated heterocycles. The van der Waals surface area contributed by atoms with Crippen LogP contribution in [0.4, 0.5) is 0 Å². The lowest BCUT2D eigenvalue weighted by Gasteiger charge is -2.13. The number of hydrogen-bond donors (Lipinski definition) is 0. The maximum atomic E-state index is 4.67. The van der Waals surface area contributed by atoms with Crippen LogP contribution in [0.2, 0.25) is 0 Å². The van der Waals surface area contributed by atoms with E-state index >= 15 is 0 Å². The predicted octanol–water partition coefficient (Wildman–Crippen LogP) is 22.4. The van der Waals surface area contributed by atoms with Crippen molar-refractivity contribution < 1.29 is 0 Å². The summed E-state index contributed by atoms with van der Waals surface area (Å²) >= 11 is 5.60. The molecule has 386 valence electrons. The summed E-state index contributed by atoms with van der Waals surface area (Å²) in [7, 11) is 0. The maximum absolute atomic E-state index is 4.67. The van der Waals surface area contributed by atoms with E-state index in [0.717, 1.165) is 5.22 Å². The molecule has 0 atom stereocenters. The molecule has 4 heteroatoms. The molecule has 0 amide bonds. The van der Waals surface area contributed by atoms with Crippen LogP contribution in [0.1, 0.15) is 6.92 Å². The van der Waals surface area contributed by atoms with Crippen LogP contribution < -0.4 is 9.75 Å². The molecule has 0 aliphatic carbocycles. The van der Waals surface area contributed by atoms with Crippen molar-refractivity contribution in [2.75, 3.05) is 0 Å². The number of nitrogens with zero attached hydrogens (tertiary/aromatic N) is 1. The smallest absolute Gasteiger partial charge is 0.0537 e. The average Bonchev–Trinajstić information content (AvgIpc) is 2.54. The van der Waals surface area contributed by atoms with E-state index in [9.17, 15) is 0 Å². The van der Waals surface area contributed by atoms with Crippen molar-refractivity contribution in [3.05, 3.63) is 258 Å². The third kappa shape index (κ3) is 7.11. The van der Waals surface area contributed by atoms with Crippen LogP contribution >= 0.6 is 34.0 Å². The lowest BCUT2D eigenvalue weighted by atomic mass is 9.90. The van der Waals surface area contributed by atoms with Crippen molar-refractivity contribution in [3.8, 4) is 33.4 Å². The van der Waals surface area contributed by atoms with Gasteiger partial charge in [0, 0.05) is 71.4 Å². The second kappa shape index (κ2) is 17.9. The normalized spacial score (nSPS) is 12.8. The van der Waals surface area contributed by atoms with Gasteiger partial charge < -0.3 is 4.57 Å². The molecule has 0 unspecified atom stereocenters. The topological polar surface area (TPSA) is 4.93 Å². The Kier molecular flexibility index (Phi) is 10.1. The maximum Gasteiger partial charge on any atom is 0.0537 e. The summed E-state index contributed by atoms with van der Waals surface area (Å²) < 4.78 is 10.1. The van der Waals surface area contributed by atoms with Crippen LogP contribution in [0, 0.1) is 0 Å². The van der Waals surface area contributed by atoms with Gasteiger partial charge in [-0.3, -0.25) is 0 Å². The first-order valence-corrected chi connectivity index (χ1v) is 30.8. The van der Waals surface area contributed by atoms with Crippen LogP contribution in [-0.4, -0.2) is 4.57 Å². The molecule has 14 aromatic carbocycles. The molecule has 18 rings (SSSR count). The molecule has 4 heterocycles. The highest BCUT2D eigenvalue weighted by molar-refractivity contribution is 7.26. The van der Waals surface area contributed by atoms with Gasteiger partial charge in [0.25, 0.3) is 0 Å². The number of allylic oxidation sites excluding steroid dienone is 2. The van der Waals surface area contributed by atoms with E-state index in [1.165, 1.54) is 180 Å². The molecule has 0 fully saturated rings. The van der Waals surface area contributed by atoms with Crippen LogP contribution in [0.3, 0.4) is 0 Å². The highest BCUT2D eigenvalue weighted by Crippen LogP contribution is 2.47. The van der Waals surface area contributed by atoms with Crippen LogP contribution in [-0.2, 0) is 0 Å². The molecule has 18 aromatic rings. The first kappa shape index (κ1) is 47.0. The molecular formula is C79H47NS3. The molecule has 0 aliphatic heterocycles. The highest BCUT2D eigenvalue weighted by Gasteiger charge is 2.19. The zero-order valence-electron chi connectivity index (χ0n) is 45.1. The monoisotopic (exact) mass is 1110 g/mol. The molecule has 4 aromatic heterocycles. The van der Waals surface area contributed by atoms with Crippen molar-refractivity contribution in [1.29, 1.82) is 0 Å². The molecule has 0 N–H and O–H groups in total. The van der Waals surface area contributed by atoms with Crippen LogP contribution in [0.25, 0.3) is 189 Å². The van der Waals surface area contributed by atoms with Gasteiger partial charge in [0.2, 0.25) is 0 Å². The van der Waals surface area contributed by atoms with Crippen molar-refractivity contribution in [1.82, 2.24) is 4.57 Å². The molecular weight excluding hydrogens is 1060 g/mol. The van der Waals surface area contributed by atoms with Crippen molar-refractivity contribution in [2.45, 2.75) is 6.92 Å². The van der Waals surface area contributed by atoms with Crippen LogP contribution in [0.5, 0.6) is 0 Å². The Morgan fingerprint density at radius 3 is 1.22 bits per heavy atom. The first-order chi connectivity index (χ1) is 40.9. The molecule has 1 nitrogen and oxygen atoms in total. The van der Waals surface area contributed by atoms with E-state index in [1.54, 1.807) is 0 Å². The summed E-state index contributed by atoms with van der Waals surface area (Å²) in [6.45, 7) is 6.87. The first-order valence-electron chi connectivity index (χ1n) is 28.4. The van der Waals surface area contributed by atoms with Gasteiger partial charge in [-0.1, -0.05) is 164 Å². The van der Waals surface area contributed by atoms with Crippen molar-refractivity contribution >= 4 is 189 Å². The van der Waals surface area contributed by atoms with Gasteiger partial charge >= 0.3 is 0 Å². The fraction of sp³-hybridized carbons (Fsp3) is 0.0127. The highest BCUT2D eigenvalue weighted by atomic mass is 32.1. The number of rotatable bonds is 5. The van der Waals surface area contributed by atoms with Gasteiger partial charge in [-0.05, 0) is 207 Å². The summed E-state index contributed by atoms with van der Waals surface area (Å²) in [6.07, 6.45) is 4.50. The van der Waals surface area contributed by atoms with Gasteiger partial charge in [-0.2, -0.15) is 0 Å². The Morgan fingerprint density at radius 2 is 0.663 bits per heavy atom. The minimum atomic E-state index is 1.07. The summed E-state index contributed by atoms with van der Waals surface area (Å²) in [5.41, 5.74) is 10.9. The van der Waals surface area contributed by atoms with Crippen LogP contribution in [0.15, 0.2) is 249 Å². The van der Waals surface area contributed by atoms with E-state index in [-0.39, 0.29) is 0 Å². The predicted molar refractivity (Wildman–Crippen MR) is 368 cm³/mol. The molecule has 83 heavy (non-hydrogen) atoms. The fourth-order valence-electron chi connectivity index (χ4n) is 13.9. The van der Waals surface area contributed by atoms with E-state index < -0.39 is 0 Å².